The van der Waals surface area contributed by atoms with E-state index in [0.717, 1.165) is 11.0 Å². The van der Waals surface area contributed by atoms with E-state index < -0.39 is 36.1 Å². The lowest BCUT2D eigenvalue weighted by molar-refractivity contribution is -0.145. The van der Waals surface area contributed by atoms with Gasteiger partial charge in [-0.25, -0.2) is 14.6 Å². The third-order valence-corrected chi connectivity index (χ3v) is 4.94. The van der Waals surface area contributed by atoms with E-state index in [-0.39, 0.29) is 5.92 Å². The molecule has 3 amide bonds. The van der Waals surface area contributed by atoms with Crippen LogP contribution in [-0.2, 0) is 16.1 Å². The number of aliphatic carboxylic acids is 1. The van der Waals surface area contributed by atoms with Gasteiger partial charge in [0.15, 0.2) is 6.04 Å². The van der Waals surface area contributed by atoms with Crippen LogP contribution in [0.3, 0.4) is 0 Å². The number of amides is 3. The molecule has 10 heteroatoms. The Balaban J connectivity index is 1.76. The van der Waals surface area contributed by atoms with Crippen LogP contribution >= 0.6 is 0 Å². The van der Waals surface area contributed by atoms with Crippen molar-refractivity contribution in [2.24, 2.45) is 5.92 Å². The molecule has 0 aliphatic carbocycles. The van der Waals surface area contributed by atoms with Crippen molar-refractivity contribution < 1.29 is 24.6 Å². The van der Waals surface area contributed by atoms with E-state index >= 15 is 0 Å². The van der Waals surface area contributed by atoms with Crippen molar-refractivity contribution >= 4 is 34.9 Å². The Labute approximate surface area is 167 Å². The molecule has 1 unspecified atom stereocenters. The molecule has 0 saturated heterocycles. The van der Waals surface area contributed by atoms with Crippen molar-refractivity contribution in [2.75, 3.05) is 11.4 Å². The molecule has 3 atom stereocenters. The summed E-state index contributed by atoms with van der Waals surface area (Å²) in [6.07, 6.45) is -1.28. The largest absolute Gasteiger partial charge is 0.480 e. The molecule has 156 valence electrons. The van der Waals surface area contributed by atoms with Gasteiger partial charge >= 0.3 is 12.0 Å². The molecule has 0 saturated carbocycles. The number of fused-ring (bicyclic) bond motifs is 3. The Kier molecular flexibility index (Phi) is 5.73. The van der Waals surface area contributed by atoms with Gasteiger partial charge in [-0.15, -0.1) is 0 Å². The molecule has 1 aliphatic heterocycles. The van der Waals surface area contributed by atoms with Crippen molar-refractivity contribution in [3.63, 3.8) is 0 Å². The topological polar surface area (TPSA) is 137 Å². The van der Waals surface area contributed by atoms with Crippen molar-refractivity contribution in [1.82, 2.24) is 20.2 Å². The Morgan fingerprint density at radius 3 is 2.38 bits per heavy atom. The third kappa shape index (κ3) is 4.02. The predicted molar refractivity (Wildman–Crippen MR) is 105 cm³/mol. The van der Waals surface area contributed by atoms with Crippen molar-refractivity contribution in [1.29, 1.82) is 0 Å². The molecule has 0 radical (unpaired) electrons. The monoisotopic (exact) mass is 403 g/mol. The number of carbonyl (C=O) groups is 3. The average molecular weight is 403 g/mol. The molecular formula is C19H25N5O5. The first-order valence-electron chi connectivity index (χ1n) is 9.45. The highest BCUT2D eigenvalue weighted by Crippen LogP contribution is 2.27. The number of carbonyl (C=O) groups excluding carboxylic acids is 2. The summed E-state index contributed by atoms with van der Waals surface area (Å²) in [7, 11) is 0. The molecule has 0 bridgehead atoms. The maximum atomic E-state index is 12.9. The highest BCUT2D eigenvalue weighted by atomic mass is 16.4. The predicted octanol–water partition coefficient (Wildman–Crippen LogP) is 0.541. The quantitative estimate of drug-likeness (QED) is 0.556. The first kappa shape index (κ1) is 20.6. The normalized spacial score (nSPS) is 16.4. The lowest BCUT2D eigenvalue weighted by Gasteiger charge is -2.26. The van der Waals surface area contributed by atoms with Crippen LogP contribution < -0.4 is 15.5 Å². The lowest BCUT2D eigenvalue weighted by atomic mass is 10.0. The van der Waals surface area contributed by atoms with Crippen molar-refractivity contribution in [3.8, 4) is 0 Å². The summed E-state index contributed by atoms with van der Waals surface area (Å²) in [5.74, 6) is -1.83. The Bertz CT molecular complexity index is 938. The van der Waals surface area contributed by atoms with Crippen molar-refractivity contribution in [2.45, 2.75) is 45.5 Å². The maximum Gasteiger partial charge on any atom is 0.328 e. The number of aromatic nitrogens is 2. The number of aliphatic hydroxyl groups excluding tert-OH is 1. The fourth-order valence-corrected chi connectivity index (χ4v) is 3.36. The second kappa shape index (κ2) is 8.08. The van der Waals surface area contributed by atoms with Gasteiger partial charge in [-0.05, 0) is 25.0 Å². The number of nitrogens with zero attached hydrogens (tertiary/aromatic N) is 3. The molecule has 1 aliphatic rings. The van der Waals surface area contributed by atoms with Crippen LogP contribution in [0.1, 0.15) is 20.8 Å². The summed E-state index contributed by atoms with van der Waals surface area (Å²) in [4.78, 5) is 42.7. The maximum absolute atomic E-state index is 12.9. The summed E-state index contributed by atoms with van der Waals surface area (Å²) in [6, 6.07) is 4.65. The van der Waals surface area contributed by atoms with Gasteiger partial charge in [0.05, 0.1) is 17.1 Å². The Morgan fingerprint density at radius 1 is 1.07 bits per heavy atom. The molecule has 0 spiro atoms. The van der Waals surface area contributed by atoms with Gasteiger partial charge in [0.1, 0.15) is 6.04 Å². The molecule has 3 rings (SSSR count). The fraction of sp³-hybridized carbons (Fsp3) is 0.474. The number of imidazole rings is 1. The molecule has 2 heterocycles. The van der Waals surface area contributed by atoms with Gasteiger partial charge < -0.3 is 25.4 Å². The van der Waals surface area contributed by atoms with Crippen LogP contribution in [0, 0.1) is 5.92 Å². The SMILES string of the molecule is CC(C)[C@H](NC(=O)N1CCn2c1nc1ccccc12)C(=O)N[C@H](C(=O)O)C(C)O. The zero-order valence-corrected chi connectivity index (χ0v) is 16.5. The number of carboxylic acid groups (broad SMARTS) is 1. The molecule has 1 aromatic heterocycles. The van der Waals surface area contributed by atoms with E-state index in [1.165, 1.54) is 11.8 Å². The number of hydrogen-bond donors (Lipinski definition) is 4. The standard InChI is InChI=1S/C19H25N5O5/c1-10(2)14(16(26)21-15(11(3)25)17(27)28)22-19(29)24-9-8-23-13-7-5-4-6-12(13)20-18(23)24/h4-7,10-11,14-15,25H,8-9H2,1-3H3,(H,21,26)(H,22,29)(H,27,28)/t11?,14-,15-/m0/s1. The summed E-state index contributed by atoms with van der Waals surface area (Å²) in [5.41, 5.74) is 1.71. The number of nitrogens with one attached hydrogen (secondary N) is 2. The minimum absolute atomic E-state index is 0.302. The van der Waals surface area contributed by atoms with Crippen LogP contribution in [0.4, 0.5) is 10.7 Å². The average Bonchev–Trinajstić information content (AvgIpc) is 3.22. The smallest absolute Gasteiger partial charge is 0.328 e. The number of para-hydroxylation sites is 2. The Morgan fingerprint density at radius 2 is 1.76 bits per heavy atom. The minimum Gasteiger partial charge on any atom is -0.480 e. The summed E-state index contributed by atoms with van der Waals surface area (Å²) >= 11 is 0. The molecule has 1 aromatic carbocycles. The second-order valence-electron chi connectivity index (χ2n) is 7.44. The van der Waals surface area contributed by atoms with Crippen LogP contribution in [0.2, 0.25) is 0 Å². The molecule has 10 nitrogen and oxygen atoms in total. The van der Waals surface area contributed by atoms with E-state index in [4.69, 9.17) is 5.11 Å². The molecule has 4 N–H and O–H groups in total. The van der Waals surface area contributed by atoms with Crippen LogP contribution in [0.5, 0.6) is 0 Å². The van der Waals surface area contributed by atoms with E-state index in [1.807, 2.05) is 28.8 Å². The van der Waals surface area contributed by atoms with Gasteiger partial charge in [0.25, 0.3) is 0 Å². The number of rotatable bonds is 6. The minimum atomic E-state index is -1.46. The number of urea groups is 1. The molecule has 0 fully saturated rings. The zero-order chi connectivity index (χ0) is 21.3. The van der Waals surface area contributed by atoms with Gasteiger partial charge in [-0.2, -0.15) is 0 Å². The molecule has 2 aromatic rings. The first-order valence-corrected chi connectivity index (χ1v) is 9.45. The highest BCUT2D eigenvalue weighted by Gasteiger charge is 2.34. The number of anilines is 1. The van der Waals surface area contributed by atoms with E-state index in [1.54, 1.807) is 13.8 Å². The summed E-state index contributed by atoms with van der Waals surface area (Å²) < 4.78 is 1.94. The lowest BCUT2D eigenvalue weighted by Crippen LogP contribution is -2.58. The van der Waals surface area contributed by atoms with Crippen molar-refractivity contribution in [3.05, 3.63) is 24.3 Å². The Hall–Kier alpha value is -3.14. The van der Waals surface area contributed by atoms with Crippen LogP contribution in [0.25, 0.3) is 11.0 Å². The number of aliphatic hydroxyl groups is 1. The summed E-state index contributed by atoms with van der Waals surface area (Å²) in [5, 5.41) is 23.7. The van der Waals surface area contributed by atoms with Gasteiger partial charge in [-0.1, -0.05) is 26.0 Å². The third-order valence-electron chi connectivity index (χ3n) is 4.94. The van der Waals surface area contributed by atoms with E-state index in [0.29, 0.717) is 19.0 Å². The number of carboxylic acids is 1. The number of hydrogen-bond acceptors (Lipinski definition) is 5. The van der Waals surface area contributed by atoms with Crippen LogP contribution in [0.15, 0.2) is 24.3 Å². The van der Waals surface area contributed by atoms with E-state index in [9.17, 15) is 19.5 Å². The fourth-order valence-electron chi connectivity index (χ4n) is 3.36. The summed E-state index contributed by atoms with van der Waals surface area (Å²) in [6.45, 7) is 5.75. The molecular weight excluding hydrogens is 378 g/mol. The van der Waals surface area contributed by atoms with Crippen LogP contribution in [-0.4, -0.2) is 62.4 Å². The molecule has 29 heavy (non-hydrogen) atoms. The number of benzene rings is 1. The zero-order valence-electron chi connectivity index (χ0n) is 16.5. The van der Waals surface area contributed by atoms with Gasteiger partial charge in [0, 0.05) is 13.1 Å². The second-order valence-corrected chi connectivity index (χ2v) is 7.44. The van der Waals surface area contributed by atoms with E-state index in [2.05, 4.69) is 15.6 Å². The van der Waals surface area contributed by atoms with Gasteiger partial charge in [0.2, 0.25) is 11.9 Å². The van der Waals surface area contributed by atoms with Gasteiger partial charge in [-0.3, -0.25) is 9.69 Å². The first-order chi connectivity index (χ1) is 13.7. The highest BCUT2D eigenvalue weighted by molar-refractivity contribution is 5.97.